The van der Waals surface area contributed by atoms with Gasteiger partial charge in [-0.2, -0.15) is 4.98 Å². The van der Waals surface area contributed by atoms with Crippen LogP contribution in [-0.2, 0) is 6.54 Å². The Labute approximate surface area is 170 Å². The molecule has 1 aromatic heterocycles. The number of aromatic nitrogens is 2. The van der Waals surface area contributed by atoms with Gasteiger partial charge >= 0.3 is 0 Å². The summed E-state index contributed by atoms with van der Waals surface area (Å²) in [6, 6.07) is 23.4. The van der Waals surface area contributed by atoms with Crippen LogP contribution >= 0.6 is 0 Å². The minimum Gasteiger partial charge on any atom is -0.337 e. The molecule has 1 amide bonds. The summed E-state index contributed by atoms with van der Waals surface area (Å²) < 4.78 is 5.46. The zero-order valence-corrected chi connectivity index (χ0v) is 16.8. The van der Waals surface area contributed by atoms with Crippen molar-refractivity contribution in [1.29, 1.82) is 0 Å². The van der Waals surface area contributed by atoms with Gasteiger partial charge in [0.15, 0.2) is 0 Å². The fourth-order valence-electron chi connectivity index (χ4n) is 3.33. The first-order valence-electron chi connectivity index (χ1n) is 9.61. The van der Waals surface area contributed by atoms with Gasteiger partial charge in [0.25, 0.3) is 5.91 Å². The Morgan fingerprint density at radius 2 is 1.62 bits per heavy atom. The van der Waals surface area contributed by atoms with E-state index in [-0.39, 0.29) is 12.5 Å². The summed E-state index contributed by atoms with van der Waals surface area (Å²) in [7, 11) is 0. The van der Waals surface area contributed by atoms with Gasteiger partial charge in [0.1, 0.15) is 6.54 Å². The van der Waals surface area contributed by atoms with Crippen molar-refractivity contribution in [2.45, 2.75) is 32.9 Å². The molecule has 0 atom stereocenters. The van der Waals surface area contributed by atoms with Crippen molar-refractivity contribution in [2.24, 2.45) is 0 Å². The summed E-state index contributed by atoms with van der Waals surface area (Å²) in [4.78, 5) is 19.8. The largest absolute Gasteiger partial charge is 0.337 e. The average Bonchev–Trinajstić information content (AvgIpc) is 3.20. The third-order valence-electron chi connectivity index (χ3n) is 4.87. The molecule has 146 valence electrons. The first-order valence-corrected chi connectivity index (χ1v) is 9.61. The lowest BCUT2D eigenvalue weighted by Crippen LogP contribution is -2.45. The van der Waals surface area contributed by atoms with Crippen LogP contribution in [0.1, 0.15) is 37.0 Å². The number of carbonyl (C=O) groups is 1. The molecule has 1 heterocycles. The number of hydrogen-bond acceptors (Lipinski definition) is 4. The lowest BCUT2D eigenvalue weighted by atomic mass is 10.00. The predicted molar refractivity (Wildman–Crippen MR) is 113 cm³/mol. The number of fused-ring (bicyclic) bond motifs is 1. The van der Waals surface area contributed by atoms with Crippen molar-refractivity contribution in [1.82, 2.24) is 15.0 Å². The Hall–Kier alpha value is -3.47. The number of nitrogens with zero attached hydrogens (tertiary/aromatic N) is 3. The summed E-state index contributed by atoms with van der Waals surface area (Å²) in [6.07, 6.45) is 0. The highest BCUT2D eigenvalue weighted by molar-refractivity contribution is 6.07. The summed E-state index contributed by atoms with van der Waals surface area (Å²) in [6.45, 7) is 6.25. The minimum atomic E-state index is -0.421. The predicted octanol–water partition coefficient (Wildman–Crippen LogP) is 5.33. The molecule has 4 rings (SSSR count). The van der Waals surface area contributed by atoms with E-state index in [0.717, 1.165) is 16.3 Å². The van der Waals surface area contributed by atoms with Crippen LogP contribution in [0.3, 0.4) is 0 Å². The summed E-state index contributed by atoms with van der Waals surface area (Å²) in [5, 5.41) is 6.05. The first kappa shape index (κ1) is 18.9. The molecule has 0 aliphatic heterocycles. The molecule has 0 aliphatic rings. The first-order chi connectivity index (χ1) is 13.9. The molecule has 0 bridgehead atoms. The summed E-state index contributed by atoms with van der Waals surface area (Å²) >= 11 is 0. The lowest BCUT2D eigenvalue weighted by molar-refractivity contribution is 0.0528. The highest BCUT2D eigenvalue weighted by atomic mass is 16.5. The van der Waals surface area contributed by atoms with Crippen LogP contribution in [0.4, 0.5) is 0 Å². The Bertz CT molecular complexity index is 1140. The number of carbonyl (C=O) groups excluding carboxylic acids is 1. The van der Waals surface area contributed by atoms with Gasteiger partial charge in [-0.05, 0) is 37.6 Å². The molecular weight excluding hydrogens is 362 g/mol. The highest BCUT2D eigenvalue weighted by Gasteiger charge is 2.30. The Morgan fingerprint density at radius 1 is 0.931 bits per heavy atom. The van der Waals surface area contributed by atoms with Crippen molar-refractivity contribution in [3.8, 4) is 11.4 Å². The maximum atomic E-state index is 13.5. The van der Waals surface area contributed by atoms with Gasteiger partial charge in [0.05, 0.1) is 0 Å². The summed E-state index contributed by atoms with van der Waals surface area (Å²) in [5.41, 5.74) is 1.13. The van der Waals surface area contributed by atoms with Gasteiger partial charge in [-0.25, -0.2) is 0 Å². The molecule has 4 aromatic rings. The topological polar surface area (TPSA) is 59.2 Å². The van der Waals surface area contributed by atoms with E-state index in [0.29, 0.717) is 17.3 Å². The Kier molecular flexibility index (Phi) is 4.89. The quantitative estimate of drug-likeness (QED) is 0.476. The van der Waals surface area contributed by atoms with E-state index in [1.807, 2.05) is 93.6 Å². The third kappa shape index (κ3) is 3.90. The van der Waals surface area contributed by atoms with E-state index in [4.69, 9.17) is 4.52 Å². The molecule has 0 saturated heterocycles. The van der Waals surface area contributed by atoms with E-state index in [1.165, 1.54) is 0 Å². The monoisotopic (exact) mass is 385 g/mol. The van der Waals surface area contributed by atoms with E-state index >= 15 is 0 Å². The van der Waals surface area contributed by atoms with E-state index in [9.17, 15) is 4.79 Å². The molecule has 0 aliphatic carbocycles. The van der Waals surface area contributed by atoms with Gasteiger partial charge < -0.3 is 9.42 Å². The molecule has 0 unspecified atom stereocenters. The number of amides is 1. The molecule has 29 heavy (non-hydrogen) atoms. The second-order valence-electron chi connectivity index (χ2n) is 7.97. The van der Waals surface area contributed by atoms with Crippen LogP contribution in [0.25, 0.3) is 22.2 Å². The number of benzene rings is 3. The van der Waals surface area contributed by atoms with Gasteiger partial charge in [0.2, 0.25) is 11.7 Å². The van der Waals surface area contributed by atoms with Crippen molar-refractivity contribution < 1.29 is 9.32 Å². The van der Waals surface area contributed by atoms with Crippen molar-refractivity contribution in [3.05, 3.63) is 84.3 Å². The van der Waals surface area contributed by atoms with Gasteiger partial charge in [0, 0.05) is 16.7 Å². The zero-order chi connectivity index (χ0) is 20.4. The molecule has 0 N–H and O–H groups in total. The molecule has 3 aromatic carbocycles. The lowest BCUT2D eigenvalue weighted by Gasteiger charge is -2.35. The highest BCUT2D eigenvalue weighted by Crippen LogP contribution is 2.25. The minimum absolute atomic E-state index is 0.0613. The smallest absolute Gasteiger partial charge is 0.255 e. The van der Waals surface area contributed by atoms with Crippen LogP contribution < -0.4 is 0 Å². The number of hydrogen-bond donors (Lipinski definition) is 0. The maximum absolute atomic E-state index is 13.5. The van der Waals surface area contributed by atoms with Crippen LogP contribution in [0.15, 0.2) is 77.3 Å². The third-order valence-corrected chi connectivity index (χ3v) is 4.87. The van der Waals surface area contributed by atoms with Crippen molar-refractivity contribution in [3.63, 3.8) is 0 Å². The standard InChI is InChI=1S/C24H23N3O2/c1-24(2,3)27(16-21-25-22(26-29-21)18-11-5-4-6-12-18)23(28)20-15-9-13-17-10-7-8-14-19(17)20/h4-15H,16H2,1-3H3. The Balaban J connectivity index is 1.67. The van der Waals surface area contributed by atoms with Crippen molar-refractivity contribution >= 4 is 16.7 Å². The fourth-order valence-corrected chi connectivity index (χ4v) is 3.33. The molecular formula is C24H23N3O2. The SMILES string of the molecule is CC(C)(C)N(Cc1nc(-c2ccccc2)no1)C(=O)c1cccc2ccccc12. The number of rotatable bonds is 4. The van der Waals surface area contributed by atoms with E-state index in [1.54, 1.807) is 4.90 Å². The van der Waals surface area contributed by atoms with Crippen LogP contribution in [0.2, 0.25) is 0 Å². The molecule has 0 saturated carbocycles. The second kappa shape index (κ2) is 7.51. The molecule has 5 nitrogen and oxygen atoms in total. The molecule has 0 fully saturated rings. The van der Waals surface area contributed by atoms with Crippen molar-refractivity contribution in [2.75, 3.05) is 0 Å². The second-order valence-corrected chi connectivity index (χ2v) is 7.97. The molecule has 0 spiro atoms. The Morgan fingerprint density at radius 3 is 2.38 bits per heavy atom. The van der Waals surface area contributed by atoms with Gasteiger partial charge in [-0.1, -0.05) is 71.9 Å². The molecule has 0 radical (unpaired) electrons. The van der Waals surface area contributed by atoms with Crippen LogP contribution in [0.5, 0.6) is 0 Å². The normalized spacial score (nSPS) is 11.6. The maximum Gasteiger partial charge on any atom is 0.255 e. The van der Waals surface area contributed by atoms with E-state index < -0.39 is 5.54 Å². The fraction of sp³-hybridized carbons (Fsp3) is 0.208. The average molecular weight is 385 g/mol. The van der Waals surface area contributed by atoms with E-state index in [2.05, 4.69) is 10.1 Å². The van der Waals surface area contributed by atoms with Gasteiger partial charge in [-0.15, -0.1) is 0 Å². The molecule has 5 heteroatoms. The zero-order valence-electron chi connectivity index (χ0n) is 16.8. The van der Waals surface area contributed by atoms with Gasteiger partial charge in [-0.3, -0.25) is 4.79 Å². The summed E-state index contributed by atoms with van der Waals surface area (Å²) in [5.74, 6) is 0.869. The van der Waals surface area contributed by atoms with Crippen LogP contribution in [-0.4, -0.2) is 26.5 Å². The van der Waals surface area contributed by atoms with Crippen LogP contribution in [0, 0.1) is 0 Å².